The van der Waals surface area contributed by atoms with Crippen molar-refractivity contribution in [3.8, 4) is 12.1 Å². The lowest BCUT2D eigenvalue weighted by Crippen LogP contribution is -2.45. The number of nitrogens with zero attached hydrogens (tertiary/aromatic N) is 3. The summed E-state index contributed by atoms with van der Waals surface area (Å²) in [4.78, 5) is 27.6. The van der Waals surface area contributed by atoms with E-state index >= 15 is 0 Å². The molecule has 1 N–H and O–H groups in total. The predicted octanol–water partition coefficient (Wildman–Crippen LogP) is 3.54. The molecule has 6 nitrogen and oxygen atoms in total. The minimum Gasteiger partial charge on any atom is -0.315 e. The molecule has 0 aliphatic carbocycles. The normalized spacial score (nSPS) is 19.4. The highest BCUT2D eigenvalue weighted by Crippen LogP contribution is 2.37. The Morgan fingerprint density at radius 2 is 1.76 bits per heavy atom. The molecule has 2 aromatic carbocycles. The third-order valence-electron chi connectivity index (χ3n) is 5.44. The highest BCUT2D eigenvalue weighted by molar-refractivity contribution is 6.09. The fourth-order valence-electron chi connectivity index (χ4n) is 3.62. The summed E-state index contributed by atoms with van der Waals surface area (Å²) < 4.78 is 0. The molecule has 0 radical (unpaired) electrons. The van der Waals surface area contributed by atoms with Crippen LogP contribution in [0.3, 0.4) is 0 Å². The van der Waals surface area contributed by atoms with Gasteiger partial charge in [0, 0.05) is 13.0 Å². The van der Waals surface area contributed by atoms with Gasteiger partial charge in [-0.3, -0.25) is 9.69 Å². The molecule has 3 rings (SSSR count). The lowest BCUT2D eigenvalue weighted by molar-refractivity contribution is -0.130. The van der Waals surface area contributed by atoms with Gasteiger partial charge in [-0.2, -0.15) is 10.5 Å². The molecule has 2 aromatic rings. The lowest BCUT2D eigenvalue weighted by atomic mass is 9.81. The lowest BCUT2D eigenvalue weighted by Gasteiger charge is -2.29. The molecular weight excluding hydrogens is 364 g/mol. The largest absolute Gasteiger partial charge is 0.325 e. The Kier molecular flexibility index (Phi) is 5.66. The highest BCUT2D eigenvalue weighted by Gasteiger charge is 2.54. The van der Waals surface area contributed by atoms with E-state index in [9.17, 15) is 14.9 Å². The van der Waals surface area contributed by atoms with Crippen molar-refractivity contribution in [2.45, 2.75) is 32.2 Å². The monoisotopic (exact) mass is 386 g/mol. The van der Waals surface area contributed by atoms with Gasteiger partial charge in [0.25, 0.3) is 5.91 Å². The number of hydrogen-bond acceptors (Lipinski definition) is 4. The Balaban J connectivity index is 2.07. The number of carbonyl (C=O) groups is 2. The van der Waals surface area contributed by atoms with Crippen LogP contribution in [0, 0.1) is 42.4 Å². The van der Waals surface area contributed by atoms with Gasteiger partial charge in [-0.1, -0.05) is 48.5 Å². The summed E-state index contributed by atoms with van der Waals surface area (Å²) in [6.45, 7) is 3.91. The molecule has 2 atom stereocenters. The zero-order valence-electron chi connectivity index (χ0n) is 16.5. The summed E-state index contributed by atoms with van der Waals surface area (Å²) in [5.74, 6) is -0.996. The van der Waals surface area contributed by atoms with E-state index in [1.807, 2.05) is 68.4 Å². The van der Waals surface area contributed by atoms with Crippen LogP contribution in [0.5, 0.6) is 0 Å². The molecule has 3 amide bonds. The fourth-order valence-corrected chi connectivity index (χ4v) is 3.62. The van der Waals surface area contributed by atoms with E-state index in [0.717, 1.165) is 16.0 Å². The molecule has 1 aliphatic heterocycles. The molecular formula is C23H22N4O2. The van der Waals surface area contributed by atoms with E-state index in [1.54, 1.807) is 0 Å². The van der Waals surface area contributed by atoms with Crippen molar-refractivity contribution in [1.29, 1.82) is 10.5 Å². The first-order chi connectivity index (χ1) is 13.9. The summed E-state index contributed by atoms with van der Waals surface area (Å²) in [6.07, 6.45) is 0.509. The van der Waals surface area contributed by atoms with Gasteiger partial charge in [0.15, 0.2) is 5.54 Å². The number of aryl methyl sites for hydroxylation is 2. The Morgan fingerprint density at radius 1 is 1.03 bits per heavy atom. The maximum Gasteiger partial charge on any atom is 0.325 e. The maximum atomic E-state index is 13.6. The molecule has 29 heavy (non-hydrogen) atoms. The molecule has 146 valence electrons. The Bertz CT molecular complexity index is 1020. The van der Waals surface area contributed by atoms with Gasteiger partial charge in [0.1, 0.15) is 0 Å². The van der Waals surface area contributed by atoms with Crippen LogP contribution < -0.4 is 5.32 Å². The topological polar surface area (TPSA) is 97.0 Å². The van der Waals surface area contributed by atoms with E-state index in [-0.39, 0.29) is 13.0 Å². The van der Waals surface area contributed by atoms with Crippen LogP contribution >= 0.6 is 0 Å². The smallest absolute Gasteiger partial charge is 0.315 e. The van der Waals surface area contributed by atoms with Gasteiger partial charge in [-0.15, -0.1) is 0 Å². The maximum absolute atomic E-state index is 13.6. The minimum absolute atomic E-state index is 0.0394. The summed E-state index contributed by atoms with van der Waals surface area (Å²) in [7, 11) is 0. The fraction of sp³-hybridized carbons (Fsp3) is 0.304. The van der Waals surface area contributed by atoms with Crippen LogP contribution in [-0.4, -0.2) is 23.4 Å². The zero-order chi connectivity index (χ0) is 21.0. The van der Waals surface area contributed by atoms with Crippen LogP contribution in [0.15, 0.2) is 48.5 Å². The van der Waals surface area contributed by atoms with Crippen molar-refractivity contribution in [2.24, 2.45) is 5.92 Å². The van der Waals surface area contributed by atoms with Crippen LogP contribution in [0.2, 0.25) is 0 Å². The van der Waals surface area contributed by atoms with Gasteiger partial charge < -0.3 is 5.32 Å². The number of rotatable bonds is 6. The van der Waals surface area contributed by atoms with Crippen molar-refractivity contribution in [3.05, 3.63) is 70.8 Å². The molecule has 0 saturated carbocycles. The van der Waals surface area contributed by atoms with Crippen LogP contribution in [0.25, 0.3) is 0 Å². The van der Waals surface area contributed by atoms with Crippen LogP contribution in [0.1, 0.15) is 35.1 Å². The number of amides is 3. The van der Waals surface area contributed by atoms with Crippen molar-refractivity contribution in [2.75, 3.05) is 6.54 Å². The average Bonchev–Trinajstić information content (AvgIpc) is 2.99. The van der Waals surface area contributed by atoms with E-state index in [0.29, 0.717) is 17.5 Å². The number of carbonyl (C=O) groups excluding carboxylic acids is 2. The number of nitriles is 2. The molecule has 1 aliphatic rings. The van der Waals surface area contributed by atoms with E-state index in [2.05, 4.69) is 11.4 Å². The Labute approximate surface area is 170 Å². The van der Waals surface area contributed by atoms with Crippen LogP contribution in [0.4, 0.5) is 4.79 Å². The van der Waals surface area contributed by atoms with E-state index in [1.165, 1.54) is 0 Å². The molecule has 6 heteroatoms. The SMILES string of the molecule is Cc1ccc([C@]2(c3ccccc3)NC(=O)N(C[C@@H](C#N)CCC#N)C2=O)cc1C. The van der Waals surface area contributed by atoms with Gasteiger partial charge in [0.05, 0.1) is 18.1 Å². The number of urea groups is 1. The Morgan fingerprint density at radius 3 is 2.38 bits per heavy atom. The third kappa shape index (κ3) is 3.58. The van der Waals surface area contributed by atoms with Gasteiger partial charge >= 0.3 is 6.03 Å². The second kappa shape index (κ2) is 8.16. The number of hydrogen-bond donors (Lipinski definition) is 1. The van der Waals surface area contributed by atoms with E-state index in [4.69, 9.17) is 5.26 Å². The van der Waals surface area contributed by atoms with Gasteiger partial charge in [0.2, 0.25) is 0 Å². The number of benzene rings is 2. The standard InChI is InChI=1S/C23H22N4O2/c1-16-10-11-20(13-17(16)2)23(19-8-4-3-5-9-19)21(28)27(22(29)26-23)15-18(14-25)7-6-12-24/h3-5,8-11,13,18H,6-7,15H2,1-2H3,(H,26,29)/t18-,23+/m1/s1. The quantitative estimate of drug-likeness (QED) is 0.768. The third-order valence-corrected chi connectivity index (χ3v) is 5.44. The molecule has 1 fully saturated rings. The molecule has 0 unspecified atom stereocenters. The van der Waals surface area contributed by atoms with Crippen molar-refractivity contribution < 1.29 is 9.59 Å². The second-order valence-electron chi connectivity index (χ2n) is 7.28. The highest BCUT2D eigenvalue weighted by atomic mass is 16.2. The zero-order valence-corrected chi connectivity index (χ0v) is 16.5. The van der Waals surface area contributed by atoms with Crippen molar-refractivity contribution in [3.63, 3.8) is 0 Å². The van der Waals surface area contributed by atoms with E-state index < -0.39 is 23.4 Å². The van der Waals surface area contributed by atoms with Crippen LogP contribution in [-0.2, 0) is 10.3 Å². The van der Waals surface area contributed by atoms with Crippen molar-refractivity contribution in [1.82, 2.24) is 10.2 Å². The molecule has 0 bridgehead atoms. The van der Waals surface area contributed by atoms with Gasteiger partial charge in [-0.25, -0.2) is 4.79 Å². The average molecular weight is 386 g/mol. The number of nitrogens with one attached hydrogen (secondary N) is 1. The summed E-state index contributed by atoms with van der Waals surface area (Å²) in [5.41, 5.74) is 2.10. The molecule has 1 saturated heterocycles. The second-order valence-corrected chi connectivity index (χ2v) is 7.28. The molecule has 1 heterocycles. The van der Waals surface area contributed by atoms with Gasteiger partial charge in [-0.05, 0) is 42.5 Å². The Hall–Kier alpha value is -3.64. The summed E-state index contributed by atoms with van der Waals surface area (Å²) in [5, 5.41) is 21.1. The first kappa shape index (κ1) is 20.1. The predicted molar refractivity (Wildman–Crippen MR) is 107 cm³/mol. The minimum atomic E-state index is -1.34. The first-order valence-electron chi connectivity index (χ1n) is 9.48. The number of imide groups is 1. The van der Waals surface area contributed by atoms with Crippen molar-refractivity contribution >= 4 is 11.9 Å². The summed E-state index contributed by atoms with van der Waals surface area (Å²) in [6, 6.07) is 18.4. The molecule has 0 spiro atoms. The first-order valence-corrected chi connectivity index (χ1v) is 9.48. The molecule has 0 aromatic heterocycles. The summed E-state index contributed by atoms with van der Waals surface area (Å²) >= 11 is 0.